The molecule has 2 N–H and O–H groups in total. The number of benzene rings is 1. The molecule has 0 aliphatic rings. The topological polar surface area (TPSA) is 73.1 Å². The molecule has 0 saturated heterocycles. The summed E-state index contributed by atoms with van der Waals surface area (Å²) in [6.45, 7) is 1.73. The second kappa shape index (κ2) is 6.28. The molecule has 0 radical (unpaired) electrons. The van der Waals surface area contributed by atoms with Gasteiger partial charge in [-0.25, -0.2) is 0 Å². The van der Waals surface area contributed by atoms with E-state index in [1.54, 1.807) is 6.92 Å². The summed E-state index contributed by atoms with van der Waals surface area (Å²) in [5.74, 6) is -1.03. The van der Waals surface area contributed by atoms with Crippen molar-refractivity contribution in [3.05, 3.63) is 29.3 Å². The van der Waals surface area contributed by atoms with Crippen LogP contribution in [0.25, 0.3) is 0 Å². The van der Waals surface area contributed by atoms with Crippen LogP contribution in [-0.2, 0) is 11.0 Å². The first-order valence-corrected chi connectivity index (χ1v) is 5.87. The van der Waals surface area contributed by atoms with Gasteiger partial charge in [-0.2, -0.15) is 18.4 Å². The molecular formula is C13H13F3N2O2. The number of hydrogen-bond donors (Lipinski definition) is 2. The highest BCUT2D eigenvalue weighted by Crippen LogP contribution is 2.33. The van der Waals surface area contributed by atoms with E-state index in [1.165, 1.54) is 12.1 Å². The van der Waals surface area contributed by atoms with Crippen molar-refractivity contribution in [2.45, 2.75) is 32.0 Å². The SMILES string of the molecule is CCC(CC(=O)O)Nc1ccc(C#N)c(C(F)(F)F)c1. The van der Waals surface area contributed by atoms with Crippen LogP contribution >= 0.6 is 0 Å². The number of nitrogens with one attached hydrogen (secondary N) is 1. The van der Waals surface area contributed by atoms with Crippen LogP contribution in [0.5, 0.6) is 0 Å². The van der Waals surface area contributed by atoms with E-state index in [0.29, 0.717) is 6.42 Å². The Hall–Kier alpha value is -2.23. The van der Waals surface area contributed by atoms with Crippen LogP contribution in [0.4, 0.5) is 18.9 Å². The number of rotatable bonds is 5. The number of alkyl halides is 3. The van der Waals surface area contributed by atoms with E-state index in [-0.39, 0.29) is 12.1 Å². The first-order chi connectivity index (χ1) is 9.27. The Kier molecular flexibility index (Phi) is 4.97. The van der Waals surface area contributed by atoms with Crippen LogP contribution in [0.2, 0.25) is 0 Å². The van der Waals surface area contributed by atoms with Crippen LogP contribution in [0.1, 0.15) is 30.9 Å². The Morgan fingerprint density at radius 2 is 2.15 bits per heavy atom. The fraction of sp³-hybridized carbons (Fsp3) is 0.385. The molecule has 0 aliphatic carbocycles. The van der Waals surface area contributed by atoms with E-state index in [2.05, 4.69) is 5.32 Å². The highest BCUT2D eigenvalue weighted by Gasteiger charge is 2.34. The van der Waals surface area contributed by atoms with E-state index in [4.69, 9.17) is 10.4 Å². The smallest absolute Gasteiger partial charge is 0.417 e. The molecule has 1 aromatic rings. The predicted octanol–water partition coefficient (Wildman–Crippen LogP) is 3.24. The van der Waals surface area contributed by atoms with Gasteiger partial charge in [0.1, 0.15) is 0 Å². The van der Waals surface area contributed by atoms with E-state index in [9.17, 15) is 18.0 Å². The number of carboxylic acid groups (broad SMARTS) is 1. The van der Waals surface area contributed by atoms with Crippen molar-refractivity contribution in [1.82, 2.24) is 0 Å². The third-order valence-electron chi connectivity index (χ3n) is 2.73. The molecule has 7 heteroatoms. The Balaban J connectivity index is 3.03. The number of aliphatic carboxylic acids is 1. The van der Waals surface area contributed by atoms with Crippen LogP contribution in [0.3, 0.4) is 0 Å². The number of nitriles is 1. The maximum Gasteiger partial charge on any atom is 0.417 e. The molecule has 1 aromatic carbocycles. The molecule has 4 nitrogen and oxygen atoms in total. The fourth-order valence-corrected chi connectivity index (χ4v) is 1.71. The number of carbonyl (C=O) groups is 1. The molecule has 0 bridgehead atoms. The maximum atomic E-state index is 12.8. The number of nitrogens with zero attached hydrogens (tertiary/aromatic N) is 1. The summed E-state index contributed by atoms with van der Waals surface area (Å²) in [5, 5.41) is 20.1. The minimum absolute atomic E-state index is 0.143. The summed E-state index contributed by atoms with van der Waals surface area (Å²) >= 11 is 0. The molecule has 0 aliphatic heterocycles. The van der Waals surface area contributed by atoms with Crippen molar-refractivity contribution >= 4 is 11.7 Å². The predicted molar refractivity (Wildman–Crippen MR) is 66.1 cm³/mol. The molecule has 1 unspecified atom stereocenters. The average molecular weight is 286 g/mol. The van der Waals surface area contributed by atoms with E-state index >= 15 is 0 Å². The molecule has 1 rings (SSSR count). The van der Waals surface area contributed by atoms with Crippen molar-refractivity contribution in [1.29, 1.82) is 5.26 Å². The second-order valence-electron chi connectivity index (χ2n) is 4.22. The van der Waals surface area contributed by atoms with Gasteiger partial charge < -0.3 is 10.4 Å². The largest absolute Gasteiger partial charge is 0.481 e. The normalized spacial score (nSPS) is 12.6. The Bertz CT molecular complexity index is 535. The standard InChI is InChI=1S/C13H13F3N2O2/c1-2-9(6-12(19)20)18-10-4-3-8(7-17)11(5-10)13(14,15)16/h3-5,9,18H,2,6H2,1H3,(H,19,20). The van der Waals surface area contributed by atoms with Crippen LogP contribution in [-0.4, -0.2) is 17.1 Å². The highest BCUT2D eigenvalue weighted by atomic mass is 19.4. The van der Waals surface area contributed by atoms with Crippen molar-refractivity contribution < 1.29 is 23.1 Å². The van der Waals surface area contributed by atoms with Gasteiger partial charge in [0.15, 0.2) is 0 Å². The molecular weight excluding hydrogens is 273 g/mol. The monoisotopic (exact) mass is 286 g/mol. The molecule has 0 saturated carbocycles. The van der Waals surface area contributed by atoms with Gasteiger partial charge in [-0.05, 0) is 24.6 Å². The first-order valence-electron chi connectivity index (χ1n) is 5.87. The zero-order valence-electron chi connectivity index (χ0n) is 10.7. The lowest BCUT2D eigenvalue weighted by atomic mass is 10.1. The number of hydrogen-bond acceptors (Lipinski definition) is 3. The van der Waals surface area contributed by atoms with E-state index < -0.39 is 29.3 Å². The second-order valence-corrected chi connectivity index (χ2v) is 4.22. The number of anilines is 1. The Labute approximate surface area is 113 Å². The molecule has 0 heterocycles. The van der Waals surface area contributed by atoms with Crippen molar-refractivity contribution in [2.75, 3.05) is 5.32 Å². The lowest BCUT2D eigenvalue weighted by Gasteiger charge is -2.18. The molecule has 20 heavy (non-hydrogen) atoms. The third-order valence-corrected chi connectivity index (χ3v) is 2.73. The van der Waals surface area contributed by atoms with Crippen LogP contribution in [0.15, 0.2) is 18.2 Å². The Morgan fingerprint density at radius 3 is 2.60 bits per heavy atom. The summed E-state index contributed by atoms with van der Waals surface area (Å²) in [6.07, 6.45) is -4.37. The van der Waals surface area contributed by atoms with E-state index in [0.717, 1.165) is 12.1 Å². The molecule has 0 fully saturated rings. The number of carboxylic acids is 1. The summed E-state index contributed by atoms with van der Waals surface area (Å²) in [4.78, 5) is 10.6. The van der Waals surface area contributed by atoms with Crippen LogP contribution in [0, 0.1) is 11.3 Å². The van der Waals surface area contributed by atoms with Gasteiger partial charge >= 0.3 is 12.1 Å². The summed E-state index contributed by atoms with van der Waals surface area (Å²) in [5.41, 5.74) is -1.35. The Morgan fingerprint density at radius 1 is 1.50 bits per heavy atom. The van der Waals surface area contributed by atoms with Crippen molar-refractivity contribution in [2.24, 2.45) is 0 Å². The van der Waals surface area contributed by atoms with Gasteiger partial charge in [0.2, 0.25) is 0 Å². The van der Waals surface area contributed by atoms with Crippen molar-refractivity contribution in [3.63, 3.8) is 0 Å². The van der Waals surface area contributed by atoms with Gasteiger partial charge in [0.25, 0.3) is 0 Å². The van der Waals surface area contributed by atoms with Gasteiger partial charge in [0, 0.05) is 11.7 Å². The summed E-state index contributed by atoms with van der Waals surface area (Å²) < 4.78 is 38.3. The molecule has 0 aromatic heterocycles. The zero-order valence-corrected chi connectivity index (χ0v) is 10.7. The third kappa shape index (κ3) is 4.16. The minimum atomic E-state index is -4.63. The lowest BCUT2D eigenvalue weighted by Crippen LogP contribution is -2.22. The first kappa shape index (κ1) is 15.8. The lowest BCUT2D eigenvalue weighted by molar-refractivity contribution is -0.138. The van der Waals surface area contributed by atoms with Gasteiger partial charge in [-0.15, -0.1) is 0 Å². The molecule has 1 atom stereocenters. The summed E-state index contributed by atoms with van der Waals surface area (Å²) in [6, 6.07) is 4.24. The highest BCUT2D eigenvalue weighted by molar-refractivity contribution is 5.68. The molecule has 0 amide bonds. The minimum Gasteiger partial charge on any atom is -0.481 e. The van der Waals surface area contributed by atoms with E-state index in [1.807, 2.05) is 0 Å². The summed E-state index contributed by atoms with van der Waals surface area (Å²) in [7, 11) is 0. The van der Waals surface area contributed by atoms with Crippen LogP contribution < -0.4 is 5.32 Å². The fourth-order valence-electron chi connectivity index (χ4n) is 1.71. The number of halogens is 3. The maximum absolute atomic E-state index is 12.8. The molecule has 108 valence electrons. The average Bonchev–Trinajstić information content (AvgIpc) is 2.36. The van der Waals surface area contributed by atoms with Gasteiger partial charge in [0.05, 0.1) is 23.6 Å². The van der Waals surface area contributed by atoms with Gasteiger partial charge in [-0.1, -0.05) is 6.92 Å². The van der Waals surface area contributed by atoms with Crippen molar-refractivity contribution in [3.8, 4) is 6.07 Å². The zero-order chi connectivity index (χ0) is 15.3. The van der Waals surface area contributed by atoms with Gasteiger partial charge in [-0.3, -0.25) is 4.79 Å². The molecule has 0 spiro atoms. The quantitative estimate of drug-likeness (QED) is 0.871.